The number of methoxy groups -OCH3 is 1. The lowest BCUT2D eigenvalue weighted by molar-refractivity contribution is -0.144. The Labute approximate surface area is 95.9 Å². The Bertz CT molecular complexity index is 250. The van der Waals surface area contributed by atoms with Gasteiger partial charge in [0.2, 0.25) is 5.91 Å². The molecule has 5 nitrogen and oxygen atoms in total. The fourth-order valence-electron chi connectivity index (χ4n) is 1.90. The summed E-state index contributed by atoms with van der Waals surface area (Å²) in [7, 11) is 1.32. The molecule has 1 saturated heterocycles. The summed E-state index contributed by atoms with van der Waals surface area (Å²) >= 11 is 0. The van der Waals surface area contributed by atoms with Crippen LogP contribution in [0.5, 0.6) is 0 Å². The van der Waals surface area contributed by atoms with E-state index >= 15 is 0 Å². The highest BCUT2D eigenvalue weighted by Gasteiger charge is 2.20. The molecule has 0 saturated carbocycles. The lowest BCUT2D eigenvalue weighted by atomic mass is 9.96. The zero-order chi connectivity index (χ0) is 12.0. The molecule has 2 atom stereocenters. The van der Waals surface area contributed by atoms with E-state index in [0.717, 1.165) is 25.9 Å². The van der Waals surface area contributed by atoms with Crippen molar-refractivity contribution in [2.45, 2.75) is 32.2 Å². The van der Waals surface area contributed by atoms with Crippen LogP contribution >= 0.6 is 0 Å². The lowest BCUT2D eigenvalue weighted by Gasteiger charge is -2.22. The number of amides is 1. The molecule has 16 heavy (non-hydrogen) atoms. The Balaban J connectivity index is 2.26. The van der Waals surface area contributed by atoms with Crippen molar-refractivity contribution in [2.24, 2.45) is 5.92 Å². The highest BCUT2D eigenvalue weighted by Crippen LogP contribution is 2.13. The monoisotopic (exact) mass is 228 g/mol. The first-order valence-corrected chi connectivity index (χ1v) is 5.71. The van der Waals surface area contributed by atoms with E-state index < -0.39 is 12.0 Å². The summed E-state index contributed by atoms with van der Waals surface area (Å²) in [4.78, 5) is 22.7. The number of hydrogen-bond donors (Lipinski definition) is 2. The molecule has 1 aliphatic rings. The van der Waals surface area contributed by atoms with Crippen molar-refractivity contribution in [3.8, 4) is 0 Å². The van der Waals surface area contributed by atoms with Gasteiger partial charge in [-0.05, 0) is 38.8 Å². The van der Waals surface area contributed by atoms with Crippen LogP contribution in [0.2, 0.25) is 0 Å². The first kappa shape index (κ1) is 13.0. The van der Waals surface area contributed by atoms with Gasteiger partial charge in [0.1, 0.15) is 6.04 Å². The molecule has 1 unspecified atom stereocenters. The van der Waals surface area contributed by atoms with E-state index in [1.807, 2.05) is 0 Å². The summed E-state index contributed by atoms with van der Waals surface area (Å²) in [5.41, 5.74) is 0. The average molecular weight is 228 g/mol. The van der Waals surface area contributed by atoms with Crippen LogP contribution in [0, 0.1) is 5.92 Å². The van der Waals surface area contributed by atoms with Crippen molar-refractivity contribution < 1.29 is 14.3 Å². The molecule has 2 N–H and O–H groups in total. The van der Waals surface area contributed by atoms with Gasteiger partial charge in [0, 0.05) is 6.42 Å². The van der Waals surface area contributed by atoms with Gasteiger partial charge in [-0.15, -0.1) is 0 Å². The van der Waals surface area contributed by atoms with Gasteiger partial charge in [0.05, 0.1) is 7.11 Å². The summed E-state index contributed by atoms with van der Waals surface area (Å²) in [6, 6.07) is -0.561. The van der Waals surface area contributed by atoms with Gasteiger partial charge in [-0.1, -0.05) is 0 Å². The second kappa shape index (κ2) is 6.48. The van der Waals surface area contributed by atoms with Crippen molar-refractivity contribution >= 4 is 11.9 Å². The second-order valence-corrected chi connectivity index (χ2v) is 4.23. The second-order valence-electron chi connectivity index (χ2n) is 4.23. The number of carbonyl (C=O) groups is 2. The Morgan fingerprint density at radius 2 is 2.31 bits per heavy atom. The summed E-state index contributed by atoms with van der Waals surface area (Å²) < 4.78 is 4.54. The third-order valence-electron chi connectivity index (χ3n) is 2.81. The summed E-state index contributed by atoms with van der Waals surface area (Å²) in [5, 5.41) is 5.89. The molecular formula is C11H20N2O3. The normalized spacial score (nSPS) is 22.2. The number of rotatable bonds is 4. The largest absolute Gasteiger partial charge is 0.467 e. The number of carbonyl (C=O) groups excluding carboxylic acids is 2. The van der Waals surface area contributed by atoms with E-state index in [1.54, 1.807) is 6.92 Å². The molecule has 0 radical (unpaired) electrons. The Morgan fingerprint density at radius 3 is 2.88 bits per heavy atom. The Hall–Kier alpha value is -1.10. The number of hydrogen-bond acceptors (Lipinski definition) is 4. The third-order valence-corrected chi connectivity index (χ3v) is 2.81. The summed E-state index contributed by atoms with van der Waals surface area (Å²) in [5.74, 6) is -0.0969. The third kappa shape index (κ3) is 4.18. The maximum atomic E-state index is 11.6. The smallest absolute Gasteiger partial charge is 0.328 e. The number of piperidine rings is 1. The predicted octanol–water partition coefficient (Wildman–Crippen LogP) is 0.0538. The maximum absolute atomic E-state index is 11.6. The van der Waals surface area contributed by atoms with Crippen LogP contribution in [0.1, 0.15) is 26.2 Å². The standard InChI is InChI=1S/C11H20N2O3/c1-8(11(15)16-2)13-10(14)6-9-4-3-5-12-7-9/h8-9,12H,3-7H2,1-2H3,(H,13,14)/t8-,9?/m0/s1. The van der Waals surface area contributed by atoms with Crippen LogP contribution < -0.4 is 10.6 Å². The van der Waals surface area contributed by atoms with Crippen molar-refractivity contribution in [1.82, 2.24) is 10.6 Å². The van der Waals surface area contributed by atoms with Crippen molar-refractivity contribution in [3.05, 3.63) is 0 Å². The molecule has 1 aliphatic heterocycles. The van der Waals surface area contributed by atoms with Crippen molar-refractivity contribution in [2.75, 3.05) is 20.2 Å². The molecule has 0 bridgehead atoms. The van der Waals surface area contributed by atoms with E-state index in [0.29, 0.717) is 12.3 Å². The van der Waals surface area contributed by atoms with Gasteiger partial charge < -0.3 is 15.4 Å². The molecule has 1 fully saturated rings. The summed E-state index contributed by atoms with van der Waals surface area (Å²) in [6.45, 7) is 3.56. The molecule has 0 aromatic rings. The van der Waals surface area contributed by atoms with Crippen LogP contribution in [0.3, 0.4) is 0 Å². The Morgan fingerprint density at radius 1 is 1.56 bits per heavy atom. The molecule has 1 amide bonds. The van der Waals surface area contributed by atoms with Gasteiger partial charge in [-0.25, -0.2) is 4.79 Å². The average Bonchev–Trinajstić information content (AvgIpc) is 2.29. The number of ether oxygens (including phenoxy) is 1. The molecule has 5 heteroatoms. The lowest BCUT2D eigenvalue weighted by Crippen LogP contribution is -2.41. The van der Waals surface area contributed by atoms with Crippen LogP contribution in [0.4, 0.5) is 0 Å². The molecule has 1 heterocycles. The van der Waals surface area contributed by atoms with Gasteiger partial charge in [-0.2, -0.15) is 0 Å². The highest BCUT2D eigenvalue weighted by molar-refractivity contribution is 5.84. The highest BCUT2D eigenvalue weighted by atomic mass is 16.5. The summed E-state index contributed by atoms with van der Waals surface area (Å²) in [6.07, 6.45) is 2.67. The fourth-order valence-corrected chi connectivity index (χ4v) is 1.90. The van der Waals surface area contributed by atoms with Gasteiger partial charge in [0.25, 0.3) is 0 Å². The Kier molecular flexibility index (Phi) is 5.25. The van der Waals surface area contributed by atoms with Crippen molar-refractivity contribution in [3.63, 3.8) is 0 Å². The van der Waals surface area contributed by atoms with Gasteiger partial charge in [-0.3, -0.25) is 4.79 Å². The molecule has 0 aromatic carbocycles. The SMILES string of the molecule is COC(=O)[C@H](C)NC(=O)CC1CCCNC1. The van der Waals surface area contributed by atoms with Crippen LogP contribution in [-0.4, -0.2) is 38.1 Å². The zero-order valence-corrected chi connectivity index (χ0v) is 9.91. The molecule has 1 rings (SSSR count). The van der Waals surface area contributed by atoms with E-state index in [1.165, 1.54) is 7.11 Å². The molecule has 0 aromatic heterocycles. The first-order chi connectivity index (χ1) is 7.63. The maximum Gasteiger partial charge on any atom is 0.328 e. The molecule has 92 valence electrons. The van der Waals surface area contributed by atoms with E-state index in [-0.39, 0.29) is 5.91 Å². The number of nitrogens with one attached hydrogen (secondary N) is 2. The van der Waals surface area contributed by atoms with E-state index in [4.69, 9.17) is 0 Å². The van der Waals surface area contributed by atoms with E-state index in [2.05, 4.69) is 15.4 Å². The zero-order valence-electron chi connectivity index (χ0n) is 9.91. The van der Waals surface area contributed by atoms with Crippen molar-refractivity contribution in [1.29, 1.82) is 0 Å². The predicted molar refractivity (Wildman–Crippen MR) is 59.8 cm³/mol. The van der Waals surface area contributed by atoms with Crippen LogP contribution in [0.25, 0.3) is 0 Å². The topological polar surface area (TPSA) is 67.4 Å². The van der Waals surface area contributed by atoms with Crippen LogP contribution in [0.15, 0.2) is 0 Å². The molecule has 0 aliphatic carbocycles. The van der Waals surface area contributed by atoms with Crippen LogP contribution in [-0.2, 0) is 14.3 Å². The first-order valence-electron chi connectivity index (χ1n) is 5.71. The van der Waals surface area contributed by atoms with Gasteiger partial charge in [0.15, 0.2) is 0 Å². The van der Waals surface area contributed by atoms with E-state index in [9.17, 15) is 9.59 Å². The molecular weight excluding hydrogens is 208 g/mol. The molecule has 0 spiro atoms. The number of esters is 1. The minimum Gasteiger partial charge on any atom is -0.467 e. The minimum absolute atomic E-state index is 0.0772. The fraction of sp³-hybridized carbons (Fsp3) is 0.818. The quantitative estimate of drug-likeness (QED) is 0.667. The van der Waals surface area contributed by atoms with Gasteiger partial charge >= 0.3 is 5.97 Å². The minimum atomic E-state index is -0.561.